The second-order valence-electron chi connectivity index (χ2n) is 6.26. The number of aromatic nitrogens is 1. The van der Waals surface area contributed by atoms with Gasteiger partial charge in [-0.1, -0.05) is 0 Å². The van der Waals surface area contributed by atoms with Gasteiger partial charge in [0.2, 0.25) is 0 Å². The molecule has 1 aliphatic heterocycles. The summed E-state index contributed by atoms with van der Waals surface area (Å²) in [5.74, 6) is 1.38. The van der Waals surface area contributed by atoms with Gasteiger partial charge in [0.15, 0.2) is 0 Å². The molecule has 0 radical (unpaired) electrons. The standard InChI is InChI=1S/C19H24N4O2/c1-23-13-3-4-16(23)10-12-21-19(24)22-15-6-8-17(9-7-15)25-18-5-2-11-20-14-18/h2,5-9,11,14,16H,3-4,10,12-13H2,1H3,(H2,21,22,24)/t16-/m1/s1. The number of carbonyl (C=O) groups excluding carboxylic acids is 1. The summed E-state index contributed by atoms with van der Waals surface area (Å²) < 4.78 is 5.67. The summed E-state index contributed by atoms with van der Waals surface area (Å²) in [5, 5.41) is 5.75. The maximum absolute atomic E-state index is 12.0. The molecule has 1 atom stereocenters. The van der Waals surface area contributed by atoms with E-state index in [1.165, 1.54) is 12.8 Å². The quantitative estimate of drug-likeness (QED) is 0.845. The van der Waals surface area contributed by atoms with E-state index in [1.54, 1.807) is 12.4 Å². The lowest BCUT2D eigenvalue weighted by Crippen LogP contribution is -2.34. The SMILES string of the molecule is CN1CCC[C@@H]1CCNC(=O)Nc1ccc(Oc2cccnc2)cc1. The molecule has 3 rings (SSSR count). The highest BCUT2D eigenvalue weighted by Gasteiger charge is 2.20. The fraction of sp³-hybridized carbons (Fsp3) is 0.368. The maximum Gasteiger partial charge on any atom is 0.319 e. The van der Waals surface area contributed by atoms with Crippen molar-refractivity contribution in [1.82, 2.24) is 15.2 Å². The van der Waals surface area contributed by atoms with Crippen molar-refractivity contribution in [3.63, 3.8) is 0 Å². The van der Waals surface area contributed by atoms with Crippen LogP contribution in [0.5, 0.6) is 11.5 Å². The lowest BCUT2D eigenvalue weighted by atomic mass is 10.1. The Kier molecular flexibility index (Phi) is 5.85. The number of nitrogens with one attached hydrogen (secondary N) is 2. The van der Waals surface area contributed by atoms with E-state index in [0.29, 0.717) is 24.1 Å². The van der Waals surface area contributed by atoms with Crippen LogP contribution in [0.25, 0.3) is 0 Å². The van der Waals surface area contributed by atoms with Gasteiger partial charge in [-0.05, 0) is 69.3 Å². The van der Waals surface area contributed by atoms with Gasteiger partial charge in [-0.25, -0.2) is 4.79 Å². The zero-order valence-electron chi connectivity index (χ0n) is 14.4. The molecule has 1 aliphatic rings. The summed E-state index contributed by atoms with van der Waals surface area (Å²) in [4.78, 5) is 18.3. The Morgan fingerprint density at radius 1 is 1.28 bits per heavy atom. The topological polar surface area (TPSA) is 66.5 Å². The smallest absolute Gasteiger partial charge is 0.319 e. The number of anilines is 1. The molecule has 0 saturated carbocycles. The molecule has 0 aliphatic carbocycles. The van der Waals surface area contributed by atoms with Crippen LogP contribution in [-0.2, 0) is 0 Å². The second kappa shape index (κ2) is 8.48. The highest BCUT2D eigenvalue weighted by Crippen LogP contribution is 2.22. The van der Waals surface area contributed by atoms with Crippen LogP contribution < -0.4 is 15.4 Å². The zero-order chi connectivity index (χ0) is 17.5. The predicted molar refractivity (Wildman–Crippen MR) is 98.0 cm³/mol. The molecule has 1 aromatic heterocycles. The third-order valence-corrected chi connectivity index (χ3v) is 4.42. The number of likely N-dealkylation sites (tertiary alicyclic amines) is 1. The first-order valence-corrected chi connectivity index (χ1v) is 8.64. The van der Waals surface area contributed by atoms with Crippen molar-refractivity contribution in [3.8, 4) is 11.5 Å². The summed E-state index contributed by atoms with van der Waals surface area (Å²) in [5.41, 5.74) is 0.731. The van der Waals surface area contributed by atoms with Crippen molar-refractivity contribution >= 4 is 11.7 Å². The molecular formula is C19H24N4O2. The van der Waals surface area contributed by atoms with Gasteiger partial charge in [-0.3, -0.25) is 4.98 Å². The molecule has 132 valence electrons. The van der Waals surface area contributed by atoms with E-state index in [0.717, 1.165) is 18.7 Å². The van der Waals surface area contributed by atoms with Gasteiger partial charge in [0.1, 0.15) is 11.5 Å². The Labute approximate surface area is 148 Å². The highest BCUT2D eigenvalue weighted by molar-refractivity contribution is 5.89. The number of ether oxygens (including phenoxy) is 1. The predicted octanol–water partition coefficient (Wildman–Crippen LogP) is 3.48. The molecular weight excluding hydrogens is 316 g/mol. The Morgan fingerprint density at radius 2 is 2.12 bits per heavy atom. The van der Waals surface area contributed by atoms with Crippen molar-refractivity contribution in [2.75, 3.05) is 25.5 Å². The van der Waals surface area contributed by atoms with Gasteiger partial charge in [0.05, 0.1) is 6.20 Å². The summed E-state index contributed by atoms with van der Waals surface area (Å²) in [6, 6.07) is 11.3. The monoisotopic (exact) mass is 340 g/mol. The molecule has 2 heterocycles. The van der Waals surface area contributed by atoms with Crippen LogP contribution in [0.2, 0.25) is 0 Å². The molecule has 2 N–H and O–H groups in total. The molecule has 1 aromatic carbocycles. The largest absolute Gasteiger partial charge is 0.456 e. The van der Waals surface area contributed by atoms with Crippen molar-refractivity contribution in [1.29, 1.82) is 0 Å². The first-order valence-electron chi connectivity index (χ1n) is 8.64. The van der Waals surface area contributed by atoms with E-state index in [9.17, 15) is 4.79 Å². The third-order valence-electron chi connectivity index (χ3n) is 4.42. The van der Waals surface area contributed by atoms with Crippen molar-refractivity contribution in [2.45, 2.75) is 25.3 Å². The second-order valence-corrected chi connectivity index (χ2v) is 6.26. The van der Waals surface area contributed by atoms with Crippen LogP contribution >= 0.6 is 0 Å². The lowest BCUT2D eigenvalue weighted by Gasteiger charge is -2.19. The molecule has 6 nitrogen and oxygen atoms in total. The van der Waals surface area contributed by atoms with Crippen LogP contribution in [0.15, 0.2) is 48.8 Å². The summed E-state index contributed by atoms with van der Waals surface area (Å²) in [7, 11) is 2.15. The maximum atomic E-state index is 12.0. The van der Waals surface area contributed by atoms with Crippen molar-refractivity contribution in [2.24, 2.45) is 0 Å². The molecule has 2 amide bonds. The van der Waals surface area contributed by atoms with E-state index >= 15 is 0 Å². The number of pyridine rings is 1. The zero-order valence-corrected chi connectivity index (χ0v) is 14.4. The number of carbonyl (C=O) groups is 1. The van der Waals surface area contributed by atoms with Crippen molar-refractivity contribution in [3.05, 3.63) is 48.8 Å². The summed E-state index contributed by atoms with van der Waals surface area (Å²) >= 11 is 0. The molecule has 1 saturated heterocycles. The Hall–Kier alpha value is -2.60. The number of hydrogen-bond donors (Lipinski definition) is 2. The average Bonchev–Trinajstić information content (AvgIpc) is 3.03. The van der Waals surface area contributed by atoms with Crippen LogP contribution in [-0.4, -0.2) is 42.1 Å². The van der Waals surface area contributed by atoms with Gasteiger partial charge in [0.25, 0.3) is 0 Å². The summed E-state index contributed by atoms with van der Waals surface area (Å²) in [6.45, 7) is 1.84. The van der Waals surface area contributed by atoms with Crippen molar-refractivity contribution < 1.29 is 9.53 Å². The molecule has 6 heteroatoms. The van der Waals surface area contributed by atoms with E-state index in [2.05, 4.69) is 27.6 Å². The number of amides is 2. The molecule has 0 bridgehead atoms. The van der Waals surface area contributed by atoms with Gasteiger partial charge in [-0.2, -0.15) is 0 Å². The van der Waals surface area contributed by atoms with E-state index in [-0.39, 0.29) is 6.03 Å². The van der Waals surface area contributed by atoms with E-state index in [4.69, 9.17) is 4.74 Å². The third kappa shape index (κ3) is 5.19. The molecule has 1 fully saturated rings. The first kappa shape index (κ1) is 17.2. The Balaban J connectivity index is 1.42. The molecule has 25 heavy (non-hydrogen) atoms. The minimum Gasteiger partial charge on any atom is -0.456 e. The Bertz CT molecular complexity index is 676. The minimum atomic E-state index is -0.179. The molecule has 0 spiro atoms. The fourth-order valence-corrected chi connectivity index (χ4v) is 3.02. The first-order chi connectivity index (χ1) is 12.2. The number of hydrogen-bond acceptors (Lipinski definition) is 4. The number of urea groups is 1. The van der Waals surface area contributed by atoms with E-state index in [1.807, 2.05) is 36.4 Å². The van der Waals surface area contributed by atoms with Gasteiger partial charge in [-0.15, -0.1) is 0 Å². The number of rotatable bonds is 6. The minimum absolute atomic E-state index is 0.179. The fourth-order valence-electron chi connectivity index (χ4n) is 3.02. The summed E-state index contributed by atoms with van der Waals surface area (Å²) in [6.07, 6.45) is 6.81. The molecule has 2 aromatic rings. The highest BCUT2D eigenvalue weighted by atomic mass is 16.5. The van der Waals surface area contributed by atoms with Gasteiger partial charge < -0.3 is 20.3 Å². The average molecular weight is 340 g/mol. The van der Waals surface area contributed by atoms with Crippen LogP contribution in [0, 0.1) is 0 Å². The number of benzene rings is 1. The van der Waals surface area contributed by atoms with E-state index < -0.39 is 0 Å². The lowest BCUT2D eigenvalue weighted by molar-refractivity contribution is 0.248. The Morgan fingerprint density at radius 3 is 2.80 bits per heavy atom. The number of nitrogens with zero attached hydrogens (tertiary/aromatic N) is 2. The molecule has 0 unspecified atom stereocenters. The normalized spacial score (nSPS) is 17.2. The van der Waals surface area contributed by atoms with Gasteiger partial charge in [0, 0.05) is 24.5 Å². The van der Waals surface area contributed by atoms with Crippen LogP contribution in [0.1, 0.15) is 19.3 Å². The van der Waals surface area contributed by atoms with Crippen LogP contribution in [0.4, 0.5) is 10.5 Å². The van der Waals surface area contributed by atoms with Crippen LogP contribution in [0.3, 0.4) is 0 Å². The van der Waals surface area contributed by atoms with Gasteiger partial charge >= 0.3 is 6.03 Å².